The van der Waals surface area contributed by atoms with E-state index in [2.05, 4.69) is 20.6 Å². The van der Waals surface area contributed by atoms with Gasteiger partial charge >= 0.3 is 6.18 Å². The Hall–Kier alpha value is -3.24. The van der Waals surface area contributed by atoms with Crippen molar-refractivity contribution in [2.24, 2.45) is 11.1 Å². The van der Waals surface area contributed by atoms with Crippen LogP contribution in [0.1, 0.15) is 34.8 Å². The molecule has 1 saturated carbocycles. The fourth-order valence-electron chi connectivity index (χ4n) is 3.17. The third-order valence-corrected chi connectivity index (χ3v) is 4.77. The van der Waals surface area contributed by atoms with E-state index in [1.165, 1.54) is 10.7 Å². The SMILES string of the molecule is Cc1cc(-c2ccc(CN=O)o2)nn2c(C(=O)N[C@@H](C3CC3)C(F)(F)F)ncc12. The van der Waals surface area contributed by atoms with Crippen molar-refractivity contribution in [1.82, 2.24) is 19.9 Å². The molecule has 4 rings (SSSR count). The van der Waals surface area contributed by atoms with Crippen molar-refractivity contribution < 1.29 is 22.4 Å². The summed E-state index contributed by atoms with van der Waals surface area (Å²) in [5.41, 5.74) is 1.52. The van der Waals surface area contributed by atoms with Crippen LogP contribution < -0.4 is 5.32 Å². The topological polar surface area (TPSA) is 102 Å². The van der Waals surface area contributed by atoms with Crippen molar-refractivity contribution in [3.63, 3.8) is 0 Å². The summed E-state index contributed by atoms with van der Waals surface area (Å²) in [6.45, 7) is 1.61. The Morgan fingerprint density at radius 3 is 2.83 bits per heavy atom. The lowest BCUT2D eigenvalue weighted by Crippen LogP contribution is -2.47. The first-order valence-electron chi connectivity index (χ1n) is 8.89. The fraction of sp³-hybridized carbons (Fsp3) is 0.389. The second kappa shape index (κ2) is 6.98. The second-order valence-electron chi connectivity index (χ2n) is 6.97. The number of carbonyl (C=O) groups excluding carboxylic acids is 1. The number of halogens is 3. The maximum atomic E-state index is 13.2. The number of fused-ring (bicyclic) bond motifs is 1. The highest BCUT2D eigenvalue weighted by Gasteiger charge is 2.50. The van der Waals surface area contributed by atoms with Crippen LogP contribution in [0.5, 0.6) is 0 Å². The van der Waals surface area contributed by atoms with Crippen molar-refractivity contribution in [2.75, 3.05) is 0 Å². The van der Waals surface area contributed by atoms with E-state index in [-0.39, 0.29) is 12.4 Å². The number of aryl methyl sites for hydroxylation is 1. The number of amides is 1. The van der Waals surface area contributed by atoms with Gasteiger partial charge in [0.15, 0.2) is 5.76 Å². The molecule has 1 N–H and O–H groups in total. The Labute approximate surface area is 162 Å². The van der Waals surface area contributed by atoms with E-state index < -0.39 is 24.0 Å². The Kier molecular flexibility index (Phi) is 4.59. The molecule has 0 aromatic carbocycles. The number of hydrogen-bond donors (Lipinski definition) is 1. The standard InChI is InChI=1S/C18H16F3N5O3/c1-9-6-12(14-5-4-11(29-14)7-23-28)25-26-13(9)8-22-16(26)17(27)24-15(10-2-3-10)18(19,20)21/h4-6,8,10,15H,2-3,7H2,1H3,(H,24,27)/t15-/m0/s1. The number of alkyl halides is 3. The highest BCUT2D eigenvalue weighted by molar-refractivity contribution is 5.92. The monoisotopic (exact) mass is 407 g/mol. The number of aromatic nitrogens is 3. The molecule has 152 valence electrons. The minimum Gasteiger partial charge on any atom is -0.457 e. The second-order valence-corrected chi connectivity index (χ2v) is 6.97. The lowest BCUT2D eigenvalue weighted by molar-refractivity contribution is -0.158. The molecule has 3 heterocycles. The molecule has 3 aromatic heterocycles. The van der Waals surface area contributed by atoms with Crippen LogP contribution in [0.25, 0.3) is 17.0 Å². The Morgan fingerprint density at radius 2 is 2.17 bits per heavy atom. The first-order valence-corrected chi connectivity index (χ1v) is 8.89. The van der Waals surface area contributed by atoms with Gasteiger partial charge in [0.2, 0.25) is 5.82 Å². The summed E-state index contributed by atoms with van der Waals surface area (Å²) in [6, 6.07) is 2.95. The van der Waals surface area contributed by atoms with Crippen LogP contribution in [0.4, 0.5) is 13.2 Å². The molecular weight excluding hydrogens is 391 g/mol. The van der Waals surface area contributed by atoms with Gasteiger partial charge in [0.1, 0.15) is 24.0 Å². The summed E-state index contributed by atoms with van der Waals surface area (Å²) in [4.78, 5) is 26.9. The largest absolute Gasteiger partial charge is 0.457 e. The zero-order valence-electron chi connectivity index (χ0n) is 15.2. The predicted molar refractivity (Wildman–Crippen MR) is 95.0 cm³/mol. The quantitative estimate of drug-likeness (QED) is 0.629. The number of furan rings is 1. The van der Waals surface area contributed by atoms with Crippen LogP contribution in [0, 0.1) is 17.7 Å². The molecule has 1 fully saturated rings. The van der Waals surface area contributed by atoms with E-state index in [9.17, 15) is 22.9 Å². The number of nitroso groups, excluding NO2 is 1. The van der Waals surface area contributed by atoms with Gasteiger partial charge in [0.05, 0.1) is 11.7 Å². The zero-order valence-corrected chi connectivity index (χ0v) is 15.2. The van der Waals surface area contributed by atoms with Gasteiger partial charge < -0.3 is 9.73 Å². The molecular formula is C18H16F3N5O3. The molecule has 1 atom stereocenters. The lowest BCUT2D eigenvalue weighted by atomic mass is 10.2. The number of hydrogen-bond acceptors (Lipinski definition) is 6. The van der Waals surface area contributed by atoms with Gasteiger partial charge in [0.25, 0.3) is 5.91 Å². The Morgan fingerprint density at radius 1 is 1.41 bits per heavy atom. The number of nitrogens with one attached hydrogen (secondary N) is 1. The summed E-state index contributed by atoms with van der Waals surface area (Å²) in [6.07, 6.45) is -2.31. The molecule has 0 bridgehead atoms. The average molecular weight is 407 g/mol. The van der Waals surface area contributed by atoms with Crippen LogP contribution in [-0.2, 0) is 6.54 Å². The van der Waals surface area contributed by atoms with Gasteiger partial charge in [-0.15, -0.1) is 0 Å². The molecule has 0 spiro atoms. The molecule has 1 aliphatic rings. The van der Waals surface area contributed by atoms with Crippen molar-refractivity contribution in [2.45, 2.75) is 38.5 Å². The number of carbonyl (C=O) groups is 1. The molecule has 1 amide bonds. The van der Waals surface area contributed by atoms with Gasteiger partial charge in [-0.3, -0.25) is 4.79 Å². The van der Waals surface area contributed by atoms with Crippen molar-refractivity contribution in [3.05, 3.63) is 46.5 Å². The minimum absolute atomic E-state index is 0.139. The summed E-state index contributed by atoms with van der Waals surface area (Å²) in [7, 11) is 0. The molecule has 0 unspecified atom stereocenters. The summed E-state index contributed by atoms with van der Waals surface area (Å²) < 4.78 is 46.4. The molecule has 0 aliphatic heterocycles. The molecule has 3 aromatic rings. The third-order valence-electron chi connectivity index (χ3n) is 4.77. The summed E-state index contributed by atoms with van der Waals surface area (Å²) in [5, 5.41) is 9.11. The molecule has 29 heavy (non-hydrogen) atoms. The van der Waals surface area contributed by atoms with Crippen LogP contribution in [-0.4, -0.2) is 32.7 Å². The van der Waals surface area contributed by atoms with E-state index in [0.717, 1.165) is 0 Å². The fourth-order valence-corrected chi connectivity index (χ4v) is 3.17. The van der Waals surface area contributed by atoms with E-state index in [4.69, 9.17) is 4.42 Å². The average Bonchev–Trinajstić information content (AvgIpc) is 3.20. The van der Waals surface area contributed by atoms with Crippen LogP contribution >= 0.6 is 0 Å². The summed E-state index contributed by atoms with van der Waals surface area (Å²) >= 11 is 0. The highest BCUT2D eigenvalue weighted by Crippen LogP contribution is 2.40. The first-order chi connectivity index (χ1) is 13.8. The minimum atomic E-state index is -4.53. The van der Waals surface area contributed by atoms with E-state index >= 15 is 0 Å². The van der Waals surface area contributed by atoms with Crippen LogP contribution in [0.2, 0.25) is 0 Å². The molecule has 11 heteroatoms. The predicted octanol–water partition coefficient (Wildman–Crippen LogP) is 3.63. The first kappa shape index (κ1) is 19.1. The number of imidazole rings is 1. The van der Waals surface area contributed by atoms with Crippen molar-refractivity contribution >= 4 is 11.4 Å². The summed E-state index contributed by atoms with van der Waals surface area (Å²) in [5.74, 6) is -1.13. The van der Waals surface area contributed by atoms with Crippen LogP contribution in [0.3, 0.4) is 0 Å². The molecule has 8 nitrogen and oxygen atoms in total. The van der Waals surface area contributed by atoms with Gasteiger partial charge in [-0.05, 0) is 49.4 Å². The highest BCUT2D eigenvalue weighted by atomic mass is 19.4. The smallest absolute Gasteiger partial charge is 0.408 e. The van der Waals surface area contributed by atoms with Crippen molar-refractivity contribution in [3.8, 4) is 11.5 Å². The Balaban J connectivity index is 1.69. The third kappa shape index (κ3) is 3.71. The number of rotatable bonds is 6. The Bertz CT molecular complexity index is 1080. The van der Waals surface area contributed by atoms with Gasteiger partial charge in [-0.25, -0.2) is 9.50 Å². The van der Waals surface area contributed by atoms with E-state index in [1.807, 2.05) is 0 Å². The van der Waals surface area contributed by atoms with Crippen molar-refractivity contribution in [1.29, 1.82) is 0 Å². The van der Waals surface area contributed by atoms with Gasteiger partial charge in [-0.2, -0.15) is 23.2 Å². The zero-order chi connectivity index (χ0) is 20.8. The van der Waals surface area contributed by atoms with E-state index in [1.54, 1.807) is 25.1 Å². The van der Waals surface area contributed by atoms with Crippen LogP contribution in [0.15, 0.2) is 34.0 Å². The van der Waals surface area contributed by atoms with Gasteiger partial charge in [0, 0.05) is 0 Å². The van der Waals surface area contributed by atoms with E-state index in [0.29, 0.717) is 41.1 Å². The lowest BCUT2D eigenvalue weighted by Gasteiger charge is -2.20. The number of nitrogens with zero attached hydrogens (tertiary/aromatic N) is 4. The normalized spacial score (nSPS) is 15.4. The van der Waals surface area contributed by atoms with Gasteiger partial charge in [-0.1, -0.05) is 5.18 Å². The molecule has 0 radical (unpaired) electrons. The molecule has 1 aliphatic carbocycles. The maximum Gasteiger partial charge on any atom is 0.408 e. The molecule has 0 saturated heterocycles. The maximum absolute atomic E-state index is 13.2.